The molecule has 0 atom stereocenters. The predicted octanol–water partition coefficient (Wildman–Crippen LogP) is 2.97. The number of para-hydroxylation sites is 1. The molecule has 5 rings (SSSR count). The molecule has 1 fully saturated rings. The van der Waals surface area contributed by atoms with E-state index < -0.39 is 11.4 Å². The molecule has 1 aliphatic heterocycles. The van der Waals surface area contributed by atoms with Crippen molar-refractivity contribution in [3.63, 3.8) is 0 Å². The van der Waals surface area contributed by atoms with E-state index in [2.05, 4.69) is 44.3 Å². The molecule has 2 N–H and O–H groups in total. The van der Waals surface area contributed by atoms with Crippen LogP contribution in [-0.4, -0.2) is 63.7 Å². The Morgan fingerprint density at radius 3 is 2.35 bits per heavy atom. The summed E-state index contributed by atoms with van der Waals surface area (Å²) >= 11 is 0. The Hall–Kier alpha value is -4.24. The summed E-state index contributed by atoms with van der Waals surface area (Å²) in [5.74, 6) is -0.980. The van der Waals surface area contributed by atoms with E-state index in [0.29, 0.717) is 17.3 Å². The number of fused-ring (bicyclic) bond motifs is 1. The van der Waals surface area contributed by atoms with Crippen LogP contribution in [0.3, 0.4) is 0 Å². The van der Waals surface area contributed by atoms with Crippen molar-refractivity contribution < 1.29 is 9.90 Å². The molecule has 0 unspecified atom stereocenters. The highest BCUT2D eigenvalue weighted by Gasteiger charge is 2.18. The van der Waals surface area contributed by atoms with E-state index in [-0.39, 0.29) is 10.9 Å². The van der Waals surface area contributed by atoms with E-state index in [1.54, 1.807) is 4.57 Å². The summed E-state index contributed by atoms with van der Waals surface area (Å²) in [4.78, 5) is 37.9. The van der Waals surface area contributed by atoms with Gasteiger partial charge in [0.05, 0.1) is 5.39 Å². The van der Waals surface area contributed by atoms with Crippen LogP contribution in [0.4, 0.5) is 17.3 Å². The lowest BCUT2D eigenvalue weighted by Crippen LogP contribution is -2.44. The van der Waals surface area contributed by atoms with Gasteiger partial charge in [-0.2, -0.15) is 4.98 Å². The van der Waals surface area contributed by atoms with Crippen molar-refractivity contribution >= 4 is 34.3 Å². The first kappa shape index (κ1) is 21.6. The second kappa shape index (κ2) is 8.95. The summed E-state index contributed by atoms with van der Waals surface area (Å²) in [5.41, 5.74) is 2.05. The number of carboxylic acids is 1. The Bertz CT molecular complexity index is 1390. The van der Waals surface area contributed by atoms with Gasteiger partial charge in [0.1, 0.15) is 5.56 Å². The first-order valence-electron chi connectivity index (χ1n) is 11.0. The van der Waals surface area contributed by atoms with Crippen LogP contribution in [0.2, 0.25) is 0 Å². The van der Waals surface area contributed by atoms with Crippen LogP contribution < -0.4 is 15.6 Å². The quantitative estimate of drug-likeness (QED) is 0.473. The molecule has 0 spiro atoms. The largest absolute Gasteiger partial charge is 0.477 e. The van der Waals surface area contributed by atoms with E-state index in [9.17, 15) is 14.7 Å². The van der Waals surface area contributed by atoms with Crippen LogP contribution in [0.1, 0.15) is 10.4 Å². The number of hydrogen-bond acceptors (Lipinski definition) is 7. The van der Waals surface area contributed by atoms with Crippen molar-refractivity contribution in [2.45, 2.75) is 0 Å². The number of nitrogens with one attached hydrogen (secondary N) is 1. The number of piperazine rings is 1. The first-order chi connectivity index (χ1) is 16.5. The summed E-state index contributed by atoms with van der Waals surface area (Å²) in [5, 5.41) is 12.8. The Labute approximate surface area is 195 Å². The van der Waals surface area contributed by atoms with Gasteiger partial charge in [-0.3, -0.25) is 4.79 Å². The topological polar surface area (TPSA) is 104 Å². The fourth-order valence-corrected chi connectivity index (χ4v) is 4.06. The van der Waals surface area contributed by atoms with Gasteiger partial charge >= 0.3 is 5.97 Å². The summed E-state index contributed by atoms with van der Waals surface area (Å²) in [6.45, 7) is 4.06. The molecular formula is C25H24N6O3. The standard InChI is InChI=1S/C25H24N6O3/c1-29-11-13-30(14-12-29)18-9-7-17(8-10-18)27-25-26-15-20-22(32)21(24(33)34)16-31(23(20)28-25)19-5-3-2-4-6-19/h2-10,15-16H,11-14H2,1H3,(H,33,34)(H,26,27,28). The Morgan fingerprint density at radius 2 is 1.68 bits per heavy atom. The lowest BCUT2D eigenvalue weighted by atomic mass is 10.2. The zero-order valence-electron chi connectivity index (χ0n) is 18.7. The van der Waals surface area contributed by atoms with Crippen molar-refractivity contribution in [2.24, 2.45) is 0 Å². The summed E-state index contributed by atoms with van der Waals surface area (Å²) < 4.78 is 1.60. The number of rotatable bonds is 5. The third kappa shape index (κ3) is 4.20. The van der Waals surface area contributed by atoms with Crippen molar-refractivity contribution in [2.75, 3.05) is 43.4 Å². The van der Waals surface area contributed by atoms with Gasteiger partial charge in [0.15, 0.2) is 5.65 Å². The predicted molar refractivity (Wildman–Crippen MR) is 132 cm³/mol. The number of aromatic nitrogens is 3. The molecule has 9 nitrogen and oxygen atoms in total. The molecule has 172 valence electrons. The average Bonchev–Trinajstić information content (AvgIpc) is 2.86. The molecule has 1 saturated heterocycles. The number of nitrogens with zero attached hydrogens (tertiary/aromatic N) is 5. The van der Waals surface area contributed by atoms with Gasteiger partial charge < -0.3 is 24.8 Å². The van der Waals surface area contributed by atoms with E-state index >= 15 is 0 Å². The first-order valence-corrected chi connectivity index (χ1v) is 11.0. The van der Waals surface area contributed by atoms with Gasteiger partial charge in [-0.15, -0.1) is 0 Å². The molecule has 34 heavy (non-hydrogen) atoms. The number of likely N-dealkylation sites (N-methyl/N-ethyl adjacent to an activating group) is 1. The van der Waals surface area contributed by atoms with E-state index in [0.717, 1.165) is 37.6 Å². The number of hydrogen-bond donors (Lipinski definition) is 2. The SMILES string of the molecule is CN1CCN(c2ccc(Nc3ncc4c(=O)c(C(=O)O)cn(-c5ccccc5)c4n3)cc2)CC1. The van der Waals surface area contributed by atoms with Crippen LogP contribution in [0.5, 0.6) is 0 Å². The zero-order chi connectivity index (χ0) is 23.7. The maximum atomic E-state index is 12.7. The minimum Gasteiger partial charge on any atom is -0.477 e. The third-order valence-corrected chi connectivity index (χ3v) is 6.00. The van der Waals surface area contributed by atoms with Crippen LogP contribution in [-0.2, 0) is 0 Å². The minimum absolute atomic E-state index is 0.139. The highest BCUT2D eigenvalue weighted by atomic mass is 16.4. The Morgan fingerprint density at radius 1 is 0.971 bits per heavy atom. The summed E-state index contributed by atoms with van der Waals surface area (Å²) in [6.07, 6.45) is 2.68. The third-order valence-electron chi connectivity index (χ3n) is 6.00. The lowest BCUT2D eigenvalue weighted by Gasteiger charge is -2.34. The number of anilines is 3. The van der Waals surface area contributed by atoms with Crippen molar-refractivity contribution in [3.8, 4) is 5.69 Å². The molecule has 3 heterocycles. The van der Waals surface area contributed by atoms with E-state index in [1.165, 1.54) is 12.4 Å². The maximum absolute atomic E-state index is 12.7. The number of benzene rings is 2. The van der Waals surface area contributed by atoms with Gasteiger partial charge in [0.25, 0.3) is 0 Å². The summed E-state index contributed by atoms with van der Waals surface area (Å²) in [7, 11) is 2.13. The van der Waals surface area contributed by atoms with Crippen LogP contribution >= 0.6 is 0 Å². The van der Waals surface area contributed by atoms with Gasteiger partial charge in [-0.25, -0.2) is 9.78 Å². The van der Waals surface area contributed by atoms with Gasteiger partial charge in [0, 0.05) is 55.6 Å². The fourth-order valence-electron chi connectivity index (χ4n) is 4.06. The molecule has 9 heteroatoms. The van der Waals surface area contributed by atoms with Crippen LogP contribution in [0, 0.1) is 0 Å². The lowest BCUT2D eigenvalue weighted by molar-refractivity contribution is 0.0695. The molecule has 0 saturated carbocycles. The normalized spacial score (nSPS) is 14.3. The molecule has 4 aromatic rings. The molecule has 1 aliphatic rings. The molecular weight excluding hydrogens is 432 g/mol. The fraction of sp³-hybridized carbons (Fsp3) is 0.200. The van der Waals surface area contributed by atoms with Crippen molar-refractivity contribution in [1.82, 2.24) is 19.4 Å². The number of aromatic carboxylic acids is 1. The monoisotopic (exact) mass is 456 g/mol. The molecule has 0 radical (unpaired) electrons. The van der Waals surface area contributed by atoms with Gasteiger partial charge in [0.2, 0.25) is 11.4 Å². The second-order valence-corrected chi connectivity index (χ2v) is 8.28. The summed E-state index contributed by atoms with van der Waals surface area (Å²) in [6, 6.07) is 17.2. The Balaban J connectivity index is 1.48. The Kier molecular flexibility index (Phi) is 5.69. The van der Waals surface area contributed by atoms with Gasteiger partial charge in [-0.05, 0) is 43.4 Å². The minimum atomic E-state index is -1.29. The van der Waals surface area contributed by atoms with Crippen LogP contribution in [0.25, 0.3) is 16.7 Å². The molecule has 2 aromatic carbocycles. The molecule has 2 aromatic heterocycles. The molecule has 0 aliphatic carbocycles. The maximum Gasteiger partial charge on any atom is 0.341 e. The molecule has 0 bridgehead atoms. The number of pyridine rings is 1. The second-order valence-electron chi connectivity index (χ2n) is 8.28. The smallest absolute Gasteiger partial charge is 0.341 e. The average molecular weight is 457 g/mol. The molecule has 0 amide bonds. The van der Waals surface area contributed by atoms with Gasteiger partial charge in [-0.1, -0.05) is 18.2 Å². The highest BCUT2D eigenvalue weighted by Crippen LogP contribution is 2.22. The number of carbonyl (C=O) groups is 1. The highest BCUT2D eigenvalue weighted by molar-refractivity contribution is 5.92. The van der Waals surface area contributed by atoms with Crippen molar-refractivity contribution in [3.05, 3.63) is 82.8 Å². The van der Waals surface area contributed by atoms with Crippen LogP contribution in [0.15, 0.2) is 71.8 Å². The van der Waals surface area contributed by atoms with E-state index in [1.807, 2.05) is 42.5 Å². The number of carboxylic acid groups (broad SMARTS) is 1. The zero-order valence-corrected chi connectivity index (χ0v) is 18.7. The van der Waals surface area contributed by atoms with Crippen molar-refractivity contribution in [1.29, 1.82) is 0 Å². The van der Waals surface area contributed by atoms with E-state index in [4.69, 9.17) is 0 Å².